The molecule has 2 N–H and O–H groups in total. The number of methoxy groups -OCH3 is 1. The fourth-order valence-electron chi connectivity index (χ4n) is 2.14. The fourth-order valence-corrected chi connectivity index (χ4v) is 2.14. The van der Waals surface area contributed by atoms with Crippen LogP contribution in [0.4, 0.5) is 0 Å². The highest BCUT2D eigenvalue weighted by Gasteiger charge is 2.31. The van der Waals surface area contributed by atoms with Crippen LogP contribution in [-0.4, -0.2) is 43.3 Å². The Balaban J connectivity index is 2.43. The maximum atomic E-state index is 6.09. The van der Waals surface area contributed by atoms with Crippen molar-refractivity contribution in [2.75, 3.05) is 26.7 Å². The van der Waals surface area contributed by atoms with Crippen molar-refractivity contribution >= 4 is 0 Å². The van der Waals surface area contributed by atoms with E-state index in [4.69, 9.17) is 10.5 Å². The first-order chi connectivity index (χ1) is 6.97. The SMILES string of the molecule is COC1(C)CCCN(CC(N)C(C)C)C1. The molecular weight excluding hydrogens is 188 g/mol. The lowest BCUT2D eigenvalue weighted by atomic mass is 9.93. The second kappa shape index (κ2) is 5.28. The number of ether oxygens (including phenoxy) is 1. The van der Waals surface area contributed by atoms with Gasteiger partial charge in [0.1, 0.15) is 0 Å². The van der Waals surface area contributed by atoms with E-state index in [1.54, 1.807) is 0 Å². The van der Waals surface area contributed by atoms with Crippen molar-refractivity contribution in [1.82, 2.24) is 4.90 Å². The molecule has 1 fully saturated rings. The van der Waals surface area contributed by atoms with Gasteiger partial charge in [0.25, 0.3) is 0 Å². The Kier molecular flexibility index (Phi) is 4.56. The third-order valence-electron chi connectivity index (χ3n) is 3.56. The van der Waals surface area contributed by atoms with Gasteiger partial charge < -0.3 is 10.5 Å². The van der Waals surface area contributed by atoms with Gasteiger partial charge in [-0.25, -0.2) is 0 Å². The van der Waals surface area contributed by atoms with Gasteiger partial charge in [-0.05, 0) is 32.2 Å². The van der Waals surface area contributed by atoms with E-state index < -0.39 is 0 Å². The lowest BCUT2D eigenvalue weighted by molar-refractivity contribution is -0.0523. The lowest BCUT2D eigenvalue weighted by Crippen LogP contribution is -2.51. The molecule has 0 saturated carbocycles. The summed E-state index contributed by atoms with van der Waals surface area (Å²) < 4.78 is 5.57. The molecular formula is C12H26N2O. The summed E-state index contributed by atoms with van der Waals surface area (Å²) in [6.07, 6.45) is 2.38. The zero-order valence-electron chi connectivity index (χ0n) is 10.6. The van der Waals surface area contributed by atoms with Crippen LogP contribution in [0.25, 0.3) is 0 Å². The molecule has 0 bridgehead atoms. The molecule has 1 aliphatic rings. The van der Waals surface area contributed by atoms with E-state index in [0.29, 0.717) is 5.92 Å². The zero-order valence-corrected chi connectivity index (χ0v) is 10.6. The van der Waals surface area contributed by atoms with Gasteiger partial charge in [-0.3, -0.25) is 4.90 Å². The van der Waals surface area contributed by atoms with Gasteiger partial charge in [0.2, 0.25) is 0 Å². The van der Waals surface area contributed by atoms with E-state index in [1.807, 2.05) is 7.11 Å². The highest BCUT2D eigenvalue weighted by atomic mass is 16.5. The van der Waals surface area contributed by atoms with E-state index in [2.05, 4.69) is 25.7 Å². The summed E-state index contributed by atoms with van der Waals surface area (Å²) in [6, 6.07) is 0.282. The van der Waals surface area contributed by atoms with Gasteiger partial charge >= 0.3 is 0 Å². The summed E-state index contributed by atoms with van der Waals surface area (Å²) in [5.74, 6) is 0.556. The van der Waals surface area contributed by atoms with Crippen LogP contribution in [0.2, 0.25) is 0 Å². The molecule has 1 aliphatic heterocycles. The van der Waals surface area contributed by atoms with Crippen molar-refractivity contribution in [3.8, 4) is 0 Å². The molecule has 2 atom stereocenters. The highest BCUT2D eigenvalue weighted by molar-refractivity contribution is 4.86. The van der Waals surface area contributed by atoms with Crippen LogP contribution in [0.5, 0.6) is 0 Å². The summed E-state index contributed by atoms with van der Waals surface area (Å²) in [6.45, 7) is 9.74. The number of likely N-dealkylation sites (tertiary alicyclic amines) is 1. The summed E-state index contributed by atoms with van der Waals surface area (Å²) >= 11 is 0. The molecule has 0 amide bonds. The summed E-state index contributed by atoms with van der Waals surface area (Å²) in [5, 5.41) is 0. The number of hydrogen-bond acceptors (Lipinski definition) is 3. The van der Waals surface area contributed by atoms with Crippen molar-refractivity contribution in [3.05, 3.63) is 0 Å². The lowest BCUT2D eigenvalue weighted by Gasteiger charge is -2.40. The Morgan fingerprint density at radius 3 is 2.67 bits per heavy atom. The largest absolute Gasteiger partial charge is 0.377 e. The van der Waals surface area contributed by atoms with Crippen molar-refractivity contribution in [1.29, 1.82) is 0 Å². The van der Waals surface area contributed by atoms with Crippen LogP contribution in [0.15, 0.2) is 0 Å². The Bertz CT molecular complexity index is 196. The minimum atomic E-state index is 0.0367. The molecule has 0 aromatic carbocycles. The molecule has 2 unspecified atom stereocenters. The minimum absolute atomic E-state index is 0.0367. The van der Waals surface area contributed by atoms with Crippen molar-refractivity contribution in [2.45, 2.75) is 45.3 Å². The van der Waals surface area contributed by atoms with Crippen molar-refractivity contribution in [2.24, 2.45) is 11.7 Å². The maximum Gasteiger partial charge on any atom is 0.0777 e. The number of rotatable bonds is 4. The highest BCUT2D eigenvalue weighted by Crippen LogP contribution is 2.24. The molecule has 3 nitrogen and oxygen atoms in total. The van der Waals surface area contributed by atoms with Crippen LogP contribution in [0.1, 0.15) is 33.6 Å². The second-order valence-electron chi connectivity index (χ2n) is 5.40. The van der Waals surface area contributed by atoms with E-state index in [1.165, 1.54) is 13.0 Å². The first-order valence-electron chi connectivity index (χ1n) is 6.00. The fraction of sp³-hybridized carbons (Fsp3) is 1.00. The molecule has 1 saturated heterocycles. The molecule has 0 aliphatic carbocycles. The molecule has 0 aromatic heterocycles. The normalized spacial score (nSPS) is 30.8. The number of piperidine rings is 1. The average molecular weight is 214 g/mol. The maximum absolute atomic E-state index is 6.09. The van der Waals surface area contributed by atoms with Gasteiger partial charge in [-0.2, -0.15) is 0 Å². The molecule has 3 heteroatoms. The number of nitrogens with zero attached hydrogens (tertiary/aromatic N) is 1. The van der Waals surface area contributed by atoms with Crippen LogP contribution in [-0.2, 0) is 4.74 Å². The summed E-state index contributed by atoms with van der Waals surface area (Å²) in [4.78, 5) is 2.44. The Morgan fingerprint density at radius 2 is 2.13 bits per heavy atom. The van der Waals surface area contributed by atoms with Crippen LogP contribution in [0, 0.1) is 5.92 Å². The van der Waals surface area contributed by atoms with E-state index >= 15 is 0 Å². The van der Waals surface area contributed by atoms with Crippen molar-refractivity contribution < 1.29 is 4.74 Å². The third-order valence-corrected chi connectivity index (χ3v) is 3.56. The van der Waals surface area contributed by atoms with Crippen molar-refractivity contribution in [3.63, 3.8) is 0 Å². The van der Waals surface area contributed by atoms with Gasteiger partial charge in [0, 0.05) is 26.2 Å². The van der Waals surface area contributed by atoms with Gasteiger partial charge in [0.15, 0.2) is 0 Å². The molecule has 0 spiro atoms. The minimum Gasteiger partial charge on any atom is -0.377 e. The second-order valence-corrected chi connectivity index (χ2v) is 5.40. The third kappa shape index (κ3) is 3.74. The van der Waals surface area contributed by atoms with Gasteiger partial charge in [-0.15, -0.1) is 0 Å². The Hall–Kier alpha value is -0.120. The Labute approximate surface area is 94.0 Å². The number of nitrogens with two attached hydrogens (primary N) is 1. The van der Waals surface area contributed by atoms with E-state index in [-0.39, 0.29) is 11.6 Å². The Morgan fingerprint density at radius 1 is 1.47 bits per heavy atom. The first-order valence-corrected chi connectivity index (χ1v) is 6.00. The topological polar surface area (TPSA) is 38.5 Å². The van der Waals surface area contributed by atoms with E-state index in [9.17, 15) is 0 Å². The first kappa shape index (κ1) is 12.9. The predicted molar refractivity (Wildman–Crippen MR) is 63.9 cm³/mol. The van der Waals surface area contributed by atoms with E-state index in [0.717, 1.165) is 19.5 Å². The van der Waals surface area contributed by atoms with Gasteiger partial charge in [0.05, 0.1) is 5.60 Å². The smallest absolute Gasteiger partial charge is 0.0777 e. The molecule has 1 rings (SSSR count). The molecule has 15 heavy (non-hydrogen) atoms. The molecule has 1 heterocycles. The summed E-state index contributed by atoms with van der Waals surface area (Å²) in [7, 11) is 1.81. The van der Waals surface area contributed by atoms with Gasteiger partial charge in [-0.1, -0.05) is 13.8 Å². The molecule has 0 radical (unpaired) electrons. The predicted octanol–water partition coefficient (Wildman–Crippen LogP) is 1.47. The monoisotopic (exact) mass is 214 g/mol. The number of hydrogen-bond donors (Lipinski definition) is 1. The molecule has 0 aromatic rings. The molecule has 90 valence electrons. The zero-order chi connectivity index (χ0) is 11.5. The van der Waals surface area contributed by atoms with Crippen LogP contribution >= 0.6 is 0 Å². The standard InChI is InChI=1S/C12H26N2O/c1-10(2)11(13)8-14-7-5-6-12(3,9-14)15-4/h10-11H,5-9,13H2,1-4H3. The average Bonchev–Trinajstić information content (AvgIpc) is 2.18. The quantitative estimate of drug-likeness (QED) is 0.770. The van der Waals surface area contributed by atoms with Crippen LogP contribution < -0.4 is 5.73 Å². The van der Waals surface area contributed by atoms with Crippen LogP contribution in [0.3, 0.4) is 0 Å². The summed E-state index contributed by atoms with van der Waals surface area (Å²) in [5.41, 5.74) is 6.13.